The maximum Gasteiger partial charge on any atom is 0.269 e. The molecule has 126 valence electrons. The lowest BCUT2D eigenvalue weighted by Gasteiger charge is -2.15. The molecule has 1 atom stereocenters. The van der Waals surface area contributed by atoms with Crippen molar-refractivity contribution in [3.05, 3.63) is 47.3 Å². The van der Waals surface area contributed by atoms with Gasteiger partial charge in [0, 0.05) is 24.4 Å². The summed E-state index contributed by atoms with van der Waals surface area (Å²) in [5, 5.41) is 7.18. The Morgan fingerprint density at radius 3 is 2.79 bits per heavy atom. The molecule has 1 amide bonds. The van der Waals surface area contributed by atoms with E-state index >= 15 is 0 Å². The van der Waals surface area contributed by atoms with Gasteiger partial charge in [0.25, 0.3) is 11.8 Å². The molecule has 0 saturated heterocycles. The third-order valence-corrected chi connectivity index (χ3v) is 4.48. The van der Waals surface area contributed by atoms with Crippen LogP contribution in [0.4, 0.5) is 8.78 Å². The van der Waals surface area contributed by atoms with E-state index in [9.17, 15) is 13.6 Å². The summed E-state index contributed by atoms with van der Waals surface area (Å²) in [4.78, 5) is 12.2. The van der Waals surface area contributed by atoms with Gasteiger partial charge in [-0.2, -0.15) is 5.10 Å². The summed E-state index contributed by atoms with van der Waals surface area (Å²) >= 11 is 0. The molecule has 0 spiro atoms. The Hall–Kier alpha value is -2.44. The van der Waals surface area contributed by atoms with E-state index in [0.717, 1.165) is 0 Å². The summed E-state index contributed by atoms with van der Waals surface area (Å²) < 4.78 is 34.0. The first-order chi connectivity index (χ1) is 11.5. The van der Waals surface area contributed by atoms with Crippen molar-refractivity contribution in [3.63, 3.8) is 0 Å². The predicted molar refractivity (Wildman–Crippen MR) is 82.1 cm³/mol. The van der Waals surface area contributed by atoms with Gasteiger partial charge in [0.05, 0.1) is 6.54 Å². The highest BCUT2D eigenvalue weighted by Gasteiger charge is 2.57. The van der Waals surface area contributed by atoms with Crippen molar-refractivity contribution >= 4 is 5.91 Å². The van der Waals surface area contributed by atoms with Gasteiger partial charge in [-0.1, -0.05) is 18.2 Å². The van der Waals surface area contributed by atoms with E-state index in [2.05, 4.69) is 10.4 Å². The molecule has 0 radical (unpaired) electrons. The van der Waals surface area contributed by atoms with Crippen LogP contribution in [0.3, 0.4) is 0 Å². The van der Waals surface area contributed by atoms with Gasteiger partial charge in [0.1, 0.15) is 23.7 Å². The van der Waals surface area contributed by atoms with Crippen LogP contribution in [0.15, 0.2) is 30.3 Å². The minimum Gasteiger partial charge on any atom is -0.487 e. The number of amides is 1. The molecule has 7 heteroatoms. The lowest BCUT2D eigenvalue weighted by Crippen LogP contribution is -2.36. The van der Waals surface area contributed by atoms with Gasteiger partial charge in [0.2, 0.25) is 0 Å². The fourth-order valence-electron chi connectivity index (χ4n) is 3.06. The Balaban J connectivity index is 1.61. The Morgan fingerprint density at radius 1 is 1.33 bits per heavy atom. The van der Waals surface area contributed by atoms with E-state index in [1.165, 1.54) is 0 Å². The van der Waals surface area contributed by atoms with Crippen LogP contribution in [0, 0.1) is 5.92 Å². The van der Waals surface area contributed by atoms with E-state index in [1.54, 1.807) is 4.68 Å². The zero-order chi connectivity index (χ0) is 16.7. The fourth-order valence-corrected chi connectivity index (χ4v) is 3.06. The summed E-state index contributed by atoms with van der Waals surface area (Å²) in [7, 11) is 0. The van der Waals surface area contributed by atoms with Gasteiger partial charge < -0.3 is 10.1 Å². The molecule has 1 unspecified atom stereocenters. The summed E-state index contributed by atoms with van der Waals surface area (Å²) in [6, 6.07) is 9.22. The first-order valence-electron chi connectivity index (χ1n) is 7.97. The zero-order valence-corrected chi connectivity index (χ0v) is 13.0. The second-order valence-electron chi connectivity index (χ2n) is 6.22. The highest BCUT2D eigenvalue weighted by Crippen LogP contribution is 2.50. The minimum atomic E-state index is -2.63. The number of para-hydroxylation sites is 1. The SMILES string of the molecule is O=C1NCCn2nc(COc3ccccc3)c(CC3CC3(F)F)c21. The van der Waals surface area contributed by atoms with Crippen molar-refractivity contribution in [3.8, 4) is 5.75 Å². The van der Waals surface area contributed by atoms with E-state index in [4.69, 9.17) is 4.74 Å². The molecular weight excluding hydrogens is 316 g/mol. The van der Waals surface area contributed by atoms with Crippen molar-refractivity contribution in [1.29, 1.82) is 0 Å². The first-order valence-corrected chi connectivity index (χ1v) is 7.97. The summed E-state index contributed by atoms with van der Waals surface area (Å²) in [5.74, 6) is -2.91. The molecule has 0 bridgehead atoms. The number of hydrogen-bond acceptors (Lipinski definition) is 3. The summed E-state index contributed by atoms with van der Waals surface area (Å²) in [5.41, 5.74) is 1.55. The van der Waals surface area contributed by atoms with Crippen molar-refractivity contribution in [2.45, 2.75) is 31.9 Å². The maximum atomic E-state index is 13.3. The molecule has 1 N–H and O–H groups in total. The van der Waals surface area contributed by atoms with Crippen molar-refractivity contribution in [2.24, 2.45) is 5.92 Å². The first kappa shape index (κ1) is 15.1. The van der Waals surface area contributed by atoms with Crippen LogP contribution in [0.25, 0.3) is 0 Å². The lowest BCUT2D eigenvalue weighted by molar-refractivity contribution is 0.0914. The summed E-state index contributed by atoms with van der Waals surface area (Å²) in [6.45, 7) is 1.19. The van der Waals surface area contributed by atoms with Crippen LogP contribution in [-0.2, 0) is 19.6 Å². The van der Waals surface area contributed by atoms with E-state index < -0.39 is 11.8 Å². The second-order valence-corrected chi connectivity index (χ2v) is 6.22. The number of ether oxygens (including phenoxy) is 1. The van der Waals surface area contributed by atoms with Crippen LogP contribution in [0.1, 0.15) is 28.2 Å². The van der Waals surface area contributed by atoms with Gasteiger partial charge in [-0.3, -0.25) is 9.48 Å². The van der Waals surface area contributed by atoms with Crippen LogP contribution < -0.4 is 10.1 Å². The molecular formula is C17H17F2N3O2. The molecule has 1 aliphatic heterocycles. The number of halogens is 2. The number of rotatable bonds is 5. The molecule has 5 nitrogen and oxygen atoms in total. The number of nitrogens with zero attached hydrogens (tertiary/aromatic N) is 2. The average Bonchev–Trinajstić information content (AvgIpc) is 3.01. The Bertz CT molecular complexity index is 774. The topological polar surface area (TPSA) is 56.2 Å². The highest BCUT2D eigenvalue weighted by molar-refractivity contribution is 5.94. The quantitative estimate of drug-likeness (QED) is 0.914. The van der Waals surface area contributed by atoms with Gasteiger partial charge in [-0.15, -0.1) is 0 Å². The Labute approximate surface area is 137 Å². The number of alkyl halides is 2. The maximum absolute atomic E-state index is 13.3. The Morgan fingerprint density at radius 2 is 2.08 bits per heavy atom. The molecule has 2 aliphatic rings. The zero-order valence-electron chi connectivity index (χ0n) is 13.0. The van der Waals surface area contributed by atoms with Crippen LogP contribution >= 0.6 is 0 Å². The van der Waals surface area contributed by atoms with Gasteiger partial charge in [-0.25, -0.2) is 8.78 Å². The predicted octanol–water partition coefficient (Wildman–Crippen LogP) is 2.40. The van der Waals surface area contributed by atoms with Crippen LogP contribution in [-0.4, -0.2) is 28.2 Å². The van der Waals surface area contributed by atoms with E-state index in [0.29, 0.717) is 35.8 Å². The third-order valence-electron chi connectivity index (χ3n) is 4.48. The monoisotopic (exact) mass is 333 g/mol. The summed E-state index contributed by atoms with van der Waals surface area (Å²) in [6.07, 6.45) is 0.0292. The molecule has 4 rings (SSSR count). The van der Waals surface area contributed by atoms with Crippen molar-refractivity contribution < 1.29 is 18.3 Å². The van der Waals surface area contributed by atoms with E-state index in [-0.39, 0.29) is 25.4 Å². The highest BCUT2D eigenvalue weighted by atomic mass is 19.3. The van der Waals surface area contributed by atoms with Crippen molar-refractivity contribution in [1.82, 2.24) is 15.1 Å². The lowest BCUT2D eigenvalue weighted by atomic mass is 10.0. The number of benzene rings is 1. The largest absolute Gasteiger partial charge is 0.487 e. The van der Waals surface area contributed by atoms with Gasteiger partial charge in [0.15, 0.2) is 0 Å². The van der Waals surface area contributed by atoms with Crippen LogP contribution in [0.5, 0.6) is 5.75 Å². The van der Waals surface area contributed by atoms with Crippen molar-refractivity contribution in [2.75, 3.05) is 6.54 Å². The number of carbonyl (C=O) groups is 1. The van der Waals surface area contributed by atoms with Gasteiger partial charge >= 0.3 is 0 Å². The number of fused-ring (bicyclic) bond motifs is 1. The van der Waals surface area contributed by atoms with Crippen LogP contribution in [0.2, 0.25) is 0 Å². The minimum absolute atomic E-state index is 0.127. The standard InChI is InChI=1S/C17H17F2N3O2/c18-17(19)9-11(17)8-13-14(10-24-12-4-2-1-3-5-12)21-22-7-6-20-16(23)15(13)22/h1-5,11H,6-10H2,(H,20,23). The van der Waals surface area contributed by atoms with Gasteiger partial charge in [-0.05, 0) is 18.6 Å². The number of hydrogen-bond donors (Lipinski definition) is 1. The average molecular weight is 333 g/mol. The smallest absolute Gasteiger partial charge is 0.269 e. The fraction of sp³-hybridized carbons (Fsp3) is 0.412. The number of nitrogens with one attached hydrogen (secondary N) is 1. The normalized spacial score (nSPS) is 21.1. The molecule has 24 heavy (non-hydrogen) atoms. The molecule has 1 aromatic carbocycles. The third kappa shape index (κ3) is 2.74. The number of carbonyl (C=O) groups excluding carboxylic acids is 1. The molecule has 1 aromatic heterocycles. The molecule has 2 heterocycles. The molecule has 1 aliphatic carbocycles. The molecule has 2 aromatic rings. The molecule has 1 saturated carbocycles. The van der Waals surface area contributed by atoms with E-state index in [1.807, 2.05) is 30.3 Å². The Kier molecular flexibility index (Phi) is 3.51. The molecule has 1 fully saturated rings. The number of aromatic nitrogens is 2. The second kappa shape index (κ2) is 5.58.